The molecule has 0 radical (unpaired) electrons. The zero-order chi connectivity index (χ0) is 14.8. The molecule has 0 fully saturated rings. The maximum absolute atomic E-state index is 13.2. The van der Waals surface area contributed by atoms with Crippen molar-refractivity contribution in [3.63, 3.8) is 0 Å². The van der Waals surface area contributed by atoms with Gasteiger partial charge in [0.15, 0.2) is 5.78 Å². The monoisotopic (exact) mass is 303 g/mol. The predicted molar refractivity (Wildman–Crippen MR) is 80.1 cm³/mol. The Labute approximate surface area is 125 Å². The lowest BCUT2D eigenvalue weighted by molar-refractivity contribution is 0.0993. The lowest BCUT2D eigenvalue weighted by Gasteiger charge is -2.02. The Balaban J connectivity index is 1.84. The van der Waals surface area contributed by atoms with Gasteiger partial charge in [-0.1, -0.05) is 6.92 Å². The Kier molecular flexibility index (Phi) is 3.79. The van der Waals surface area contributed by atoms with Crippen LogP contribution in [0.5, 0.6) is 0 Å². The molecule has 0 amide bonds. The van der Waals surface area contributed by atoms with Gasteiger partial charge in [-0.25, -0.2) is 14.1 Å². The van der Waals surface area contributed by atoms with Gasteiger partial charge in [0.05, 0.1) is 11.3 Å². The molecule has 0 aliphatic rings. The van der Waals surface area contributed by atoms with Crippen molar-refractivity contribution in [2.24, 2.45) is 0 Å². The van der Waals surface area contributed by atoms with E-state index in [2.05, 4.69) is 10.1 Å². The van der Waals surface area contributed by atoms with E-state index in [0.717, 1.165) is 23.1 Å². The van der Waals surface area contributed by atoms with Crippen LogP contribution in [0.2, 0.25) is 0 Å². The first-order valence-electron chi connectivity index (χ1n) is 6.76. The van der Waals surface area contributed by atoms with Gasteiger partial charge in [-0.05, 0) is 36.1 Å². The van der Waals surface area contributed by atoms with E-state index in [-0.39, 0.29) is 18.0 Å². The zero-order valence-electron chi connectivity index (χ0n) is 11.5. The third-order valence-electron chi connectivity index (χ3n) is 3.20. The van der Waals surface area contributed by atoms with Crippen LogP contribution in [-0.4, -0.2) is 20.5 Å². The van der Waals surface area contributed by atoms with E-state index < -0.39 is 0 Å². The summed E-state index contributed by atoms with van der Waals surface area (Å²) in [6.07, 6.45) is 2.63. The number of halogens is 1. The summed E-state index contributed by atoms with van der Waals surface area (Å²) in [5.41, 5.74) is 0. The molecule has 6 heteroatoms. The van der Waals surface area contributed by atoms with Crippen LogP contribution in [0.4, 0.5) is 4.39 Å². The molecular formula is C15H14FN3OS. The Bertz CT molecular complexity index is 793. The van der Waals surface area contributed by atoms with Crippen LogP contribution in [0.3, 0.4) is 0 Å². The number of nitrogens with zero attached hydrogens (tertiary/aromatic N) is 3. The van der Waals surface area contributed by atoms with Crippen LogP contribution in [0.15, 0.2) is 30.6 Å². The Morgan fingerprint density at radius 1 is 1.38 bits per heavy atom. The highest BCUT2D eigenvalue weighted by atomic mass is 32.1. The van der Waals surface area contributed by atoms with Gasteiger partial charge in [0.1, 0.15) is 18.0 Å². The van der Waals surface area contributed by atoms with Crippen LogP contribution in [0.1, 0.15) is 28.8 Å². The second-order valence-corrected chi connectivity index (χ2v) is 5.88. The molecule has 3 rings (SSSR count). The number of aromatic nitrogens is 3. The summed E-state index contributed by atoms with van der Waals surface area (Å²) in [7, 11) is 0. The number of fused-ring (bicyclic) bond motifs is 1. The smallest absolute Gasteiger partial charge is 0.180 e. The van der Waals surface area contributed by atoms with Crippen molar-refractivity contribution < 1.29 is 9.18 Å². The number of carbonyl (C=O) groups excluding carboxylic acids is 1. The summed E-state index contributed by atoms with van der Waals surface area (Å²) >= 11 is 1.38. The summed E-state index contributed by atoms with van der Waals surface area (Å²) in [6, 6.07) is 6.30. The fraction of sp³-hybridized carbons (Fsp3) is 0.267. The highest BCUT2D eigenvalue weighted by Gasteiger charge is 2.15. The first kappa shape index (κ1) is 13.9. The molecule has 0 atom stereocenters. The van der Waals surface area contributed by atoms with Crippen molar-refractivity contribution in [2.45, 2.75) is 26.3 Å². The first-order chi connectivity index (χ1) is 10.2. The van der Waals surface area contributed by atoms with E-state index in [1.54, 1.807) is 16.8 Å². The second kappa shape index (κ2) is 5.73. The van der Waals surface area contributed by atoms with Gasteiger partial charge >= 0.3 is 0 Å². The lowest BCUT2D eigenvalue weighted by Crippen LogP contribution is -2.10. The molecule has 0 saturated heterocycles. The first-order valence-corrected chi connectivity index (χ1v) is 7.58. The molecule has 0 N–H and O–H groups in total. The number of aryl methyl sites for hydroxylation is 1. The Morgan fingerprint density at radius 3 is 3.05 bits per heavy atom. The SMILES string of the molecule is CCCn1ncnc1CC(=O)c1cc2cc(F)ccc2s1. The maximum atomic E-state index is 13.2. The highest BCUT2D eigenvalue weighted by Crippen LogP contribution is 2.27. The standard InChI is InChI=1S/C15H14FN3OS/c1-2-5-19-15(17-9-18-19)8-12(20)14-7-10-6-11(16)3-4-13(10)21-14/h3-4,6-7,9H,2,5,8H2,1H3. The van der Waals surface area contributed by atoms with Crippen molar-refractivity contribution >= 4 is 27.2 Å². The number of rotatable bonds is 5. The van der Waals surface area contributed by atoms with Gasteiger partial charge in [-0.15, -0.1) is 11.3 Å². The predicted octanol–water partition coefficient (Wildman–Crippen LogP) is 3.47. The topological polar surface area (TPSA) is 47.8 Å². The van der Waals surface area contributed by atoms with Gasteiger partial charge in [0, 0.05) is 11.2 Å². The molecule has 0 aliphatic heterocycles. The molecule has 2 aromatic heterocycles. The second-order valence-electron chi connectivity index (χ2n) is 4.79. The molecule has 108 valence electrons. The molecule has 0 saturated carbocycles. The van der Waals surface area contributed by atoms with Crippen molar-refractivity contribution in [3.8, 4) is 0 Å². The van der Waals surface area contributed by atoms with E-state index in [4.69, 9.17) is 0 Å². The Hall–Kier alpha value is -2.08. The summed E-state index contributed by atoms with van der Waals surface area (Å²) in [4.78, 5) is 17.1. The van der Waals surface area contributed by atoms with E-state index in [0.29, 0.717) is 10.7 Å². The van der Waals surface area contributed by atoms with Crippen molar-refractivity contribution in [2.75, 3.05) is 0 Å². The van der Waals surface area contributed by atoms with Crippen LogP contribution in [0, 0.1) is 5.82 Å². The highest BCUT2D eigenvalue weighted by molar-refractivity contribution is 7.20. The number of hydrogen-bond acceptors (Lipinski definition) is 4. The largest absolute Gasteiger partial charge is 0.293 e. The molecule has 1 aromatic carbocycles. The van der Waals surface area contributed by atoms with Gasteiger partial charge in [0.2, 0.25) is 0 Å². The fourth-order valence-corrected chi connectivity index (χ4v) is 3.19. The molecule has 0 aliphatic carbocycles. The number of carbonyl (C=O) groups is 1. The van der Waals surface area contributed by atoms with E-state index in [1.807, 2.05) is 6.92 Å². The van der Waals surface area contributed by atoms with Gasteiger partial charge < -0.3 is 0 Å². The fourth-order valence-electron chi connectivity index (χ4n) is 2.21. The van der Waals surface area contributed by atoms with E-state index in [9.17, 15) is 9.18 Å². The van der Waals surface area contributed by atoms with Crippen LogP contribution in [0.25, 0.3) is 10.1 Å². The normalized spacial score (nSPS) is 11.1. The summed E-state index contributed by atoms with van der Waals surface area (Å²) in [5.74, 6) is 0.370. The number of hydrogen-bond donors (Lipinski definition) is 0. The summed E-state index contributed by atoms with van der Waals surface area (Å²) < 4.78 is 15.9. The molecule has 0 unspecified atom stereocenters. The molecule has 0 bridgehead atoms. The molecule has 0 spiro atoms. The number of thiophene rings is 1. The van der Waals surface area contributed by atoms with Gasteiger partial charge in [0.25, 0.3) is 0 Å². The lowest BCUT2D eigenvalue weighted by atomic mass is 10.2. The number of benzene rings is 1. The van der Waals surface area contributed by atoms with Crippen LogP contribution < -0.4 is 0 Å². The molecule has 21 heavy (non-hydrogen) atoms. The van der Waals surface area contributed by atoms with Crippen molar-refractivity contribution in [1.82, 2.24) is 14.8 Å². The minimum absolute atomic E-state index is 0.0121. The van der Waals surface area contributed by atoms with E-state index in [1.165, 1.54) is 29.8 Å². The van der Waals surface area contributed by atoms with E-state index >= 15 is 0 Å². The van der Waals surface area contributed by atoms with Crippen molar-refractivity contribution in [1.29, 1.82) is 0 Å². The zero-order valence-corrected chi connectivity index (χ0v) is 12.4. The van der Waals surface area contributed by atoms with Crippen molar-refractivity contribution in [3.05, 3.63) is 47.1 Å². The van der Waals surface area contributed by atoms with Gasteiger partial charge in [-0.2, -0.15) is 5.10 Å². The quantitative estimate of drug-likeness (QED) is 0.678. The number of Topliss-reactive ketones (excluding diaryl/α,β-unsaturated/α-hetero) is 1. The molecular weight excluding hydrogens is 289 g/mol. The average molecular weight is 303 g/mol. The van der Waals surface area contributed by atoms with Crippen LogP contribution in [-0.2, 0) is 13.0 Å². The van der Waals surface area contributed by atoms with Gasteiger partial charge in [-0.3, -0.25) is 4.79 Å². The average Bonchev–Trinajstić information content (AvgIpc) is 3.06. The molecule has 2 heterocycles. The minimum Gasteiger partial charge on any atom is -0.293 e. The molecule has 3 aromatic rings. The third-order valence-corrected chi connectivity index (χ3v) is 4.36. The minimum atomic E-state index is -0.290. The summed E-state index contributed by atoms with van der Waals surface area (Å²) in [6.45, 7) is 2.80. The summed E-state index contributed by atoms with van der Waals surface area (Å²) in [5, 5.41) is 4.88. The van der Waals surface area contributed by atoms with Crippen LogP contribution >= 0.6 is 11.3 Å². The third kappa shape index (κ3) is 2.85. The molecule has 4 nitrogen and oxygen atoms in total. The Morgan fingerprint density at radius 2 is 2.24 bits per heavy atom. The number of ketones is 1. The maximum Gasteiger partial charge on any atom is 0.180 e.